The SMILES string of the molecule is C[NH+](C)CCC(=O)c1ccc(-c2ccc(Br)cc2)cc1.[Cl-]. The van der Waals surface area contributed by atoms with E-state index in [9.17, 15) is 4.79 Å². The van der Waals surface area contributed by atoms with Crippen LogP contribution in [0.1, 0.15) is 16.8 Å². The number of ketones is 1. The average molecular weight is 369 g/mol. The summed E-state index contributed by atoms with van der Waals surface area (Å²) in [7, 11) is 4.12. The van der Waals surface area contributed by atoms with E-state index in [0.29, 0.717) is 6.42 Å². The van der Waals surface area contributed by atoms with Crippen LogP contribution in [0, 0.1) is 0 Å². The maximum Gasteiger partial charge on any atom is 0.168 e. The van der Waals surface area contributed by atoms with Crippen molar-refractivity contribution in [2.24, 2.45) is 0 Å². The predicted octanol–water partition coefficient (Wildman–Crippen LogP) is -0.163. The monoisotopic (exact) mass is 367 g/mol. The molecule has 2 aromatic rings. The molecule has 0 saturated carbocycles. The molecule has 21 heavy (non-hydrogen) atoms. The van der Waals surface area contributed by atoms with Gasteiger partial charge in [0.2, 0.25) is 0 Å². The van der Waals surface area contributed by atoms with Crippen molar-refractivity contribution in [1.29, 1.82) is 0 Å². The Kier molecular flexibility index (Phi) is 7.09. The van der Waals surface area contributed by atoms with E-state index in [4.69, 9.17) is 0 Å². The highest BCUT2D eigenvalue weighted by molar-refractivity contribution is 9.10. The zero-order chi connectivity index (χ0) is 14.5. The van der Waals surface area contributed by atoms with Gasteiger partial charge >= 0.3 is 0 Å². The second kappa shape index (κ2) is 8.32. The lowest BCUT2D eigenvalue weighted by Crippen LogP contribution is -3.05. The topological polar surface area (TPSA) is 21.5 Å². The standard InChI is InChI=1S/C17H18BrNO.ClH/c1-19(2)12-11-17(20)15-5-3-13(4-6-15)14-7-9-16(18)10-8-14;/h3-10H,11-12H2,1-2H3;1H. The molecule has 0 amide bonds. The van der Waals surface area contributed by atoms with Crippen molar-refractivity contribution in [1.82, 2.24) is 0 Å². The number of carbonyl (C=O) groups excluding carboxylic acids is 1. The molecule has 0 heterocycles. The van der Waals surface area contributed by atoms with E-state index < -0.39 is 0 Å². The third-order valence-corrected chi connectivity index (χ3v) is 3.77. The van der Waals surface area contributed by atoms with Crippen LogP contribution < -0.4 is 17.3 Å². The number of quaternary nitrogens is 1. The lowest BCUT2D eigenvalue weighted by atomic mass is 10.0. The fourth-order valence-corrected chi connectivity index (χ4v) is 2.26. The van der Waals surface area contributed by atoms with Crippen LogP contribution in [0.25, 0.3) is 11.1 Å². The number of hydrogen-bond donors (Lipinski definition) is 1. The van der Waals surface area contributed by atoms with Gasteiger partial charge in [0.25, 0.3) is 0 Å². The van der Waals surface area contributed by atoms with Gasteiger partial charge in [0.15, 0.2) is 5.78 Å². The van der Waals surface area contributed by atoms with Crippen molar-refractivity contribution in [3.8, 4) is 11.1 Å². The molecule has 0 atom stereocenters. The molecule has 0 spiro atoms. The third-order valence-electron chi connectivity index (χ3n) is 3.24. The van der Waals surface area contributed by atoms with Crippen molar-refractivity contribution in [3.05, 3.63) is 58.6 Å². The van der Waals surface area contributed by atoms with Gasteiger partial charge < -0.3 is 17.3 Å². The number of rotatable bonds is 5. The van der Waals surface area contributed by atoms with Gasteiger partial charge in [0.1, 0.15) is 0 Å². The molecule has 0 bridgehead atoms. The largest absolute Gasteiger partial charge is 1.00 e. The quantitative estimate of drug-likeness (QED) is 0.728. The molecule has 0 aliphatic rings. The van der Waals surface area contributed by atoms with E-state index in [1.54, 1.807) is 0 Å². The minimum Gasteiger partial charge on any atom is -1.00 e. The molecule has 0 radical (unpaired) electrons. The summed E-state index contributed by atoms with van der Waals surface area (Å²) in [6.07, 6.45) is 0.597. The Labute approximate surface area is 140 Å². The Hall–Kier alpha value is -1.16. The highest BCUT2D eigenvalue weighted by atomic mass is 79.9. The Morgan fingerprint density at radius 3 is 1.90 bits per heavy atom. The zero-order valence-corrected chi connectivity index (χ0v) is 14.5. The lowest BCUT2D eigenvalue weighted by molar-refractivity contribution is -0.857. The Bertz CT molecular complexity index is 579. The van der Waals surface area contributed by atoms with Gasteiger partial charge in [-0.2, -0.15) is 0 Å². The molecule has 112 valence electrons. The maximum atomic E-state index is 12.0. The molecule has 0 aliphatic carbocycles. The summed E-state index contributed by atoms with van der Waals surface area (Å²) >= 11 is 3.43. The lowest BCUT2D eigenvalue weighted by Gasteiger charge is -2.07. The number of benzene rings is 2. The van der Waals surface area contributed by atoms with Gasteiger partial charge in [0.05, 0.1) is 27.1 Å². The van der Waals surface area contributed by atoms with E-state index in [2.05, 4.69) is 42.2 Å². The van der Waals surface area contributed by atoms with Gasteiger partial charge in [-0.3, -0.25) is 4.79 Å². The van der Waals surface area contributed by atoms with Crippen LogP contribution in [0.4, 0.5) is 0 Å². The smallest absolute Gasteiger partial charge is 0.168 e. The van der Waals surface area contributed by atoms with E-state index in [1.165, 1.54) is 4.90 Å². The van der Waals surface area contributed by atoms with E-state index >= 15 is 0 Å². The normalized spacial score (nSPS) is 10.3. The van der Waals surface area contributed by atoms with Crippen molar-refractivity contribution >= 4 is 21.7 Å². The Morgan fingerprint density at radius 2 is 1.43 bits per heavy atom. The fourth-order valence-electron chi connectivity index (χ4n) is 2.00. The summed E-state index contributed by atoms with van der Waals surface area (Å²) < 4.78 is 1.07. The maximum absolute atomic E-state index is 12.0. The molecule has 2 aromatic carbocycles. The molecule has 0 fully saturated rings. The second-order valence-corrected chi connectivity index (χ2v) is 6.13. The summed E-state index contributed by atoms with van der Waals surface area (Å²) in [5.74, 6) is 0.216. The summed E-state index contributed by atoms with van der Waals surface area (Å²) in [6, 6.07) is 16.0. The first-order valence-electron chi connectivity index (χ1n) is 6.74. The first-order chi connectivity index (χ1) is 9.56. The molecule has 0 aliphatic heterocycles. The summed E-state index contributed by atoms with van der Waals surface area (Å²) in [4.78, 5) is 13.3. The van der Waals surface area contributed by atoms with Crippen LogP contribution in [0.3, 0.4) is 0 Å². The molecule has 2 nitrogen and oxygen atoms in total. The Morgan fingerprint density at radius 1 is 0.952 bits per heavy atom. The third kappa shape index (κ3) is 5.27. The van der Waals surface area contributed by atoms with E-state index in [-0.39, 0.29) is 18.2 Å². The molecule has 0 unspecified atom stereocenters. The molecule has 4 heteroatoms. The van der Waals surface area contributed by atoms with Crippen LogP contribution in [0.15, 0.2) is 53.0 Å². The highest BCUT2D eigenvalue weighted by Crippen LogP contribution is 2.22. The number of Topliss-reactive ketones (excluding diaryl/α,β-unsaturated/α-hetero) is 1. The van der Waals surface area contributed by atoms with Crippen LogP contribution in [-0.2, 0) is 0 Å². The molecule has 0 aromatic heterocycles. The number of carbonyl (C=O) groups is 1. The number of nitrogens with one attached hydrogen (secondary N) is 1. The van der Waals surface area contributed by atoms with E-state index in [1.807, 2.05) is 36.4 Å². The summed E-state index contributed by atoms with van der Waals surface area (Å²) in [5, 5.41) is 0. The predicted molar refractivity (Wildman–Crippen MR) is 86.2 cm³/mol. The minimum atomic E-state index is 0. The number of halogens is 2. The minimum absolute atomic E-state index is 0. The summed E-state index contributed by atoms with van der Waals surface area (Å²) in [5.41, 5.74) is 3.09. The van der Waals surface area contributed by atoms with Gasteiger partial charge in [-0.05, 0) is 23.3 Å². The van der Waals surface area contributed by atoms with Crippen molar-refractivity contribution in [2.45, 2.75) is 6.42 Å². The molecular formula is C17H19BrClNO. The number of hydrogen-bond acceptors (Lipinski definition) is 1. The molecular weight excluding hydrogens is 350 g/mol. The molecule has 1 N–H and O–H groups in total. The van der Waals surface area contributed by atoms with Crippen LogP contribution in [-0.4, -0.2) is 26.4 Å². The van der Waals surface area contributed by atoms with Gasteiger partial charge in [-0.1, -0.05) is 52.3 Å². The zero-order valence-electron chi connectivity index (χ0n) is 12.2. The van der Waals surface area contributed by atoms with Crippen molar-refractivity contribution in [2.75, 3.05) is 20.6 Å². The van der Waals surface area contributed by atoms with Gasteiger partial charge in [-0.15, -0.1) is 0 Å². The first kappa shape index (κ1) is 17.9. The fraction of sp³-hybridized carbons (Fsp3) is 0.235. The van der Waals surface area contributed by atoms with Crippen molar-refractivity contribution in [3.63, 3.8) is 0 Å². The van der Waals surface area contributed by atoms with Gasteiger partial charge in [0, 0.05) is 10.0 Å². The van der Waals surface area contributed by atoms with Crippen LogP contribution in [0.5, 0.6) is 0 Å². The van der Waals surface area contributed by atoms with Crippen LogP contribution >= 0.6 is 15.9 Å². The van der Waals surface area contributed by atoms with Gasteiger partial charge in [-0.25, -0.2) is 0 Å². The molecule has 0 saturated heterocycles. The average Bonchev–Trinajstić information content (AvgIpc) is 2.46. The molecule has 2 rings (SSSR count). The second-order valence-electron chi connectivity index (χ2n) is 5.21. The highest BCUT2D eigenvalue weighted by Gasteiger charge is 2.08. The van der Waals surface area contributed by atoms with E-state index in [0.717, 1.165) is 27.7 Å². The summed E-state index contributed by atoms with van der Waals surface area (Å²) in [6.45, 7) is 0.868. The Balaban J connectivity index is 0.00000220. The van der Waals surface area contributed by atoms with Crippen molar-refractivity contribution < 1.29 is 22.1 Å². The first-order valence-corrected chi connectivity index (χ1v) is 7.54. The van der Waals surface area contributed by atoms with Crippen LogP contribution in [0.2, 0.25) is 0 Å².